The summed E-state index contributed by atoms with van der Waals surface area (Å²) in [6.45, 7) is 4.19. The fourth-order valence-corrected chi connectivity index (χ4v) is 4.26. The molecule has 1 aliphatic carbocycles. The van der Waals surface area contributed by atoms with Crippen molar-refractivity contribution in [3.05, 3.63) is 29.3 Å². The number of carbonyl (C=O) groups is 1. The molecule has 0 spiro atoms. The van der Waals surface area contributed by atoms with Gasteiger partial charge in [-0.05, 0) is 37.3 Å². The van der Waals surface area contributed by atoms with Crippen molar-refractivity contribution in [2.75, 3.05) is 11.1 Å². The second-order valence-electron chi connectivity index (χ2n) is 5.89. The highest BCUT2D eigenvalue weighted by molar-refractivity contribution is 7.99. The number of para-hydroxylation sites is 1. The minimum absolute atomic E-state index is 0.155. The van der Waals surface area contributed by atoms with E-state index < -0.39 is 0 Å². The van der Waals surface area contributed by atoms with Crippen molar-refractivity contribution in [2.45, 2.75) is 64.0 Å². The van der Waals surface area contributed by atoms with E-state index >= 15 is 0 Å². The van der Waals surface area contributed by atoms with Crippen LogP contribution in [0.4, 0.5) is 5.69 Å². The molecule has 0 heterocycles. The second-order valence-corrected chi connectivity index (χ2v) is 7.30. The van der Waals surface area contributed by atoms with Crippen LogP contribution in [-0.4, -0.2) is 16.9 Å². The lowest BCUT2D eigenvalue weighted by Gasteiger charge is -2.20. The zero-order valence-corrected chi connectivity index (χ0v) is 14.1. The largest absolute Gasteiger partial charge is 0.326 e. The SMILES string of the molecule is CCc1cccc(C)c1NC(=O)CCSC1CCCCC1. The van der Waals surface area contributed by atoms with Gasteiger partial charge in [0.2, 0.25) is 5.91 Å². The van der Waals surface area contributed by atoms with E-state index in [1.165, 1.54) is 37.7 Å². The average Bonchev–Trinajstić information content (AvgIpc) is 2.50. The van der Waals surface area contributed by atoms with E-state index in [0.717, 1.165) is 28.7 Å². The Morgan fingerprint density at radius 2 is 2.05 bits per heavy atom. The van der Waals surface area contributed by atoms with Gasteiger partial charge in [0.1, 0.15) is 0 Å². The van der Waals surface area contributed by atoms with Gasteiger partial charge in [-0.3, -0.25) is 4.79 Å². The number of aryl methyl sites for hydroxylation is 2. The summed E-state index contributed by atoms with van der Waals surface area (Å²) in [5.74, 6) is 1.10. The van der Waals surface area contributed by atoms with Crippen LogP contribution in [0, 0.1) is 6.92 Å². The maximum Gasteiger partial charge on any atom is 0.225 e. The smallest absolute Gasteiger partial charge is 0.225 e. The van der Waals surface area contributed by atoms with Gasteiger partial charge in [0, 0.05) is 23.1 Å². The molecule has 0 aromatic heterocycles. The third-order valence-electron chi connectivity index (χ3n) is 4.24. The van der Waals surface area contributed by atoms with Gasteiger partial charge in [-0.25, -0.2) is 0 Å². The Morgan fingerprint density at radius 1 is 1.29 bits per heavy atom. The molecule has 1 aromatic rings. The molecule has 1 aromatic carbocycles. The van der Waals surface area contributed by atoms with Crippen LogP contribution in [0.5, 0.6) is 0 Å². The number of rotatable bonds is 6. The standard InChI is InChI=1S/C18H27NOS/c1-3-15-9-7-8-14(2)18(15)19-17(20)12-13-21-16-10-5-4-6-11-16/h7-9,16H,3-6,10-13H2,1-2H3,(H,19,20). The van der Waals surface area contributed by atoms with Gasteiger partial charge in [0.15, 0.2) is 0 Å². The topological polar surface area (TPSA) is 29.1 Å². The van der Waals surface area contributed by atoms with Gasteiger partial charge in [-0.15, -0.1) is 0 Å². The first-order valence-corrected chi connectivity index (χ1v) is 9.25. The lowest BCUT2D eigenvalue weighted by atomic mass is 10.0. The Balaban J connectivity index is 1.79. The molecule has 3 heteroatoms. The van der Waals surface area contributed by atoms with Crippen molar-refractivity contribution in [1.29, 1.82) is 0 Å². The average molecular weight is 305 g/mol. The van der Waals surface area contributed by atoms with Crippen LogP contribution in [0.1, 0.15) is 56.6 Å². The zero-order chi connectivity index (χ0) is 15.1. The highest BCUT2D eigenvalue weighted by Crippen LogP contribution is 2.28. The summed E-state index contributed by atoms with van der Waals surface area (Å²) < 4.78 is 0. The van der Waals surface area contributed by atoms with Gasteiger partial charge < -0.3 is 5.32 Å². The molecule has 1 aliphatic rings. The number of amides is 1. The Labute approximate surface area is 133 Å². The van der Waals surface area contributed by atoms with Crippen molar-refractivity contribution in [2.24, 2.45) is 0 Å². The van der Waals surface area contributed by atoms with Crippen LogP contribution in [0.25, 0.3) is 0 Å². The highest BCUT2D eigenvalue weighted by atomic mass is 32.2. The Kier molecular flexibility index (Phi) is 6.62. The van der Waals surface area contributed by atoms with Crippen molar-refractivity contribution in [3.8, 4) is 0 Å². The molecular weight excluding hydrogens is 278 g/mol. The van der Waals surface area contributed by atoms with E-state index in [2.05, 4.69) is 37.4 Å². The summed E-state index contributed by atoms with van der Waals surface area (Å²) >= 11 is 1.99. The van der Waals surface area contributed by atoms with Gasteiger partial charge >= 0.3 is 0 Å². The lowest BCUT2D eigenvalue weighted by Crippen LogP contribution is -2.16. The first kappa shape index (κ1) is 16.4. The highest BCUT2D eigenvalue weighted by Gasteiger charge is 2.14. The summed E-state index contributed by atoms with van der Waals surface area (Å²) in [7, 11) is 0. The first-order valence-electron chi connectivity index (χ1n) is 8.20. The maximum atomic E-state index is 12.2. The number of thioether (sulfide) groups is 1. The third-order valence-corrected chi connectivity index (χ3v) is 5.62. The van der Waals surface area contributed by atoms with E-state index in [-0.39, 0.29) is 5.91 Å². The van der Waals surface area contributed by atoms with Gasteiger partial charge in [0.05, 0.1) is 0 Å². The first-order chi connectivity index (χ1) is 10.2. The number of hydrogen-bond acceptors (Lipinski definition) is 2. The Bertz CT molecular complexity index is 466. The quantitative estimate of drug-likeness (QED) is 0.805. The normalized spacial score (nSPS) is 15.9. The predicted molar refractivity (Wildman–Crippen MR) is 93.1 cm³/mol. The number of nitrogens with one attached hydrogen (secondary N) is 1. The molecule has 2 nitrogen and oxygen atoms in total. The number of benzene rings is 1. The van der Waals surface area contributed by atoms with Crippen LogP contribution >= 0.6 is 11.8 Å². The summed E-state index contributed by atoms with van der Waals surface area (Å²) in [6.07, 6.45) is 8.38. The van der Waals surface area contributed by atoms with Crippen LogP contribution in [-0.2, 0) is 11.2 Å². The molecule has 0 aliphatic heterocycles. The molecule has 21 heavy (non-hydrogen) atoms. The van der Waals surface area contributed by atoms with Crippen LogP contribution in [0.3, 0.4) is 0 Å². The second kappa shape index (κ2) is 8.47. The third kappa shape index (κ3) is 5.06. The van der Waals surface area contributed by atoms with E-state index in [4.69, 9.17) is 0 Å². The van der Waals surface area contributed by atoms with Crippen LogP contribution < -0.4 is 5.32 Å². The minimum Gasteiger partial charge on any atom is -0.326 e. The molecule has 0 atom stereocenters. The van der Waals surface area contributed by atoms with Crippen molar-refractivity contribution in [3.63, 3.8) is 0 Å². The summed E-state index contributed by atoms with van der Waals surface area (Å²) in [4.78, 5) is 12.2. The monoisotopic (exact) mass is 305 g/mol. The van der Waals surface area contributed by atoms with Crippen molar-refractivity contribution < 1.29 is 4.79 Å². The van der Waals surface area contributed by atoms with Crippen LogP contribution in [0.15, 0.2) is 18.2 Å². The van der Waals surface area contributed by atoms with E-state index in [0.29, 0.717) is 6.42 Å². The molecule has 1 fully saturated rings. The van der Waals surface area contributed by atoms with Crippen molar-refractivity contribution in [1.82, 2.24) is 0 Å². The molecule has 0 unspecified atom stereocenters. The van der Waals surface area contributed by atoms with Crippen LogP contribution in [0.2, 0.25) is 0 Å². The summed E-state index contributed by atoms with van der Waals surface area (Å²) in [5, 5.41) is 3.90. The number of anilines is 1. The minimum atomic E-state index is 0.155. The lowest BCUT2D eigenvalue weighted by molar-refractivity contribution is -0.115. The molecular formula is C18H27NOS. The maximum absolute atomic E-state index is 12.2. The predicted octanol–water partition coefficient (Wildman–Crippen LogP) is 4.95. The molecule has 2 rings (SSSR count). The van der Waals surface area contributed by atoms with E-state index in [1.54, 1.807) is 0 Å². The molecule has 1 amide bonds. The number of carbonyl (C=O) groups excluding carboxylic acids is 1. The van der Waals surface area contributed by atoms with Crippen molar-refractivity contribution >= 4 is 23.4 Å². The fraction of sp³-hybridized carbons (Fsp3) is 0.611. The molecule has 116 valence electrons. The molecule has 0 radical (unpaired) electrons. The molecule has 1 saturated carbocycles. The summed E-state index contributed by atoms with van der Waals surface area (Å²) in [5.41, 5.74) is 3.40. The van der Waals surface area contributed by atoms with E-state index in [9.17, 15) is 4.79 Å². The Morgan fingerprint density at radius 3 is 2.76 bits per heavy atom. The van der Waals surface area contributed by atoms with E-state index in [1.807, 2.05) is 11.8 Å². The van der Waals surface area contributed by atoms with Gasteiger partial charge in [-0.2, -0.15) is 11.8 Å². The zero-order valence-electron chi connectivity index (χ0n) is 13.3. The summed E-state index contributed by atoms with van der Waals surface area (Å²) in [6, 6.07) is 6.22. The van der Waals surface area contributed by atoms with Gasteiger partial charge in [-0.1, -0.05) is 44.4 Å². The molecule has 1 N–H and O–H groups in total. The molecule has 0 bridgehead atoms. The fourth-order valence-electron chi connectivity index (χ4n) is 2.95. The Hall–Kier alpha value is -0.960. The van der Waals surface area contributed by atoms with Gasteiger partial charge in [0.25, 0.3) is 0 Å². The number of hydrogen-bond donors (Lipinski definition) is 1. The molecule has 0 saturated heterocycles.